The van der Waals surface area contributed by atoms with Gasteiger partial charge in [0.2, 0.25) is 0 Å². The summed E-state index contributed by atoms with van der Waals surface area (Å²) in [6, 6.07) is 16.7. The standard InChI is InChI=1S/C30H25FN2O5S/c1-3-14-37-21-11-8-18(9-12-21)27(34)25-26(19-6-5-7-22(16-19)38-15-4-2)33(29(36)28(25)35)30-32-23-13-10-20(31)17-24(23)39-30/h4-13,16-17,26,34H,2-3,14-15H2,1H3. The molecule has 1 aromatic heterocycles. The SMILES string of the molecule is C=CCOc1cccc(C2C(=C(O)c3ccc(OCCC)cc3)C(=O)C(=O)N2c2nc3ccc(F)cc3s2)c1. The fourth-order valence-electron chi connectivity index (χ4n) is 4.35. The van der Waals surface area contributed by atoms with Gasteiger partial charge in [-0.15, -0.1) is 0 Å². The first-order valence-corrected chi connectivity index (χ1v) is 13.2. The van der Waals surface area contributed by atoms with Gasteiger partial charge in [0.25, 0.3) is 5.78 Å². The van der Waals surface area contributed by atoms with Crippen molar-refractivity contribution in [1.29, 1.82) is 0 Å². The van der Waals surface area contributed by atoms with Crippen LogP contribution in [0.3, 0.4) is 0 Å². The topological polar surface area (TPSA) is 89.0 Å². The largest absolute Gasteiger partial charge is 0.507 e. The molecule has 0 spiro atoms. The Labute approximate surface area is 228 Å². The summed E-state index contributed by atoms with van der Waals surface area (Å²) in [6.45, 7) is 6.47. The monoisotopic (exact) mass is 544 g/mol. The van der Waals surface area contributed by atoms with Gasteiger partial charge in [-0.3, -0.25) is 14.5 Å². The Kier molecular flexibility index (Phi) is 7.42. The lowest BCUT2D eigenvalue weighted by atomic mass is 9.95. The van der Waals surface area contributed by atoms with Crippen LogP contribution in [-0.4, -0.2) is 35.0 Å². The van der Waals surface area contributed by atoms with Crippen LogP contribution < -0.4 is 14.4 Å². The highest BCUT2D eigenvalue weighted by atomic mass is 32.1. The third-order valence-electron chi connectivity index (χ3n) is 6.13. The van der Waals surface area contributed by atoms with Gasteiger partial charge in [0.05, 0.1) is 28.4 Å². The molecule has 2 heterocycles. The van der Waals surface area contributed by atoms with Crippen LogP contribution in [0.25, 0.3) is 16.0 Å². The maximum absolute atomic E-state index is 13.9. The Morgan fingerprint density at radius 3 is 2.64 bits per heavy atom. The molecule has 1 fully saturated rings. The van der Waals surface area contributed by atoms with Gasteiger partial charge in [-0.2, -0.15) is 0 Å². The second kappa shape index (κ2) is 11.1. The summed E-state index contributed by atoms with van der Waals surface area (Å²) < 4.78 is 25.7. The number of rotatable bonds is 9. The van der Waals surface area contributed by atoms with Crippen LogP contribution in [0.1, 0.15) is 30.5 Å². The number of aliphatic hydroxyl groups is 1. The zero-order valence-electron chi connectivity index (χ0n) is 21.1. The molecule has 0 aliphatic carbocycles. The van der Waals surface area contributed by atoms with E-state index in [0.717, 1.165) is 17.8 Å². The van der Waals surface area contributed by atoms with Crippen LogP contribution in [0.4, 0.5) is 9.52 Å². The summed E-state index contributed by atoms with van der Waals surface area (Å²) >= 11 is 1.09. The number of aliphatic hydroxyl groups excluding tert-OH is 1. The summed E-state index contributed by atoms with van der Waals surface area (Å²) in [5.74, 6) is -1.34. The summed E-state index contributed by atoms with van der Waals surface area (Å²) in [4.78, 5) is 32.7. The summed E-state index contributed by atoms with van der Waals surface area (Å²) in [7, 11) is 0. The Balaban J connectivity index is 1.65. The molecule has 1 atom stereocenters. The molecule has 39 heavy (non-hydrogen) atoms. The van der Waals surface area contributed by atoms with E-state index in [1.165, 1.54) is 23.1 Å². The maximum Gasteiger partial charge on any atom is 0.301 e. The molecule has 0 radical (unpaired) electrons. The lowest BCUT2D eigenvalue weighted by molar-refractivity contribution is -0.132. The zero-order chi connectivity index (χ0) is 27.5. The van der Waals surface area contributed by atoms with Gasteiger partial charge in [0.15, 0.2) is 5.13 Å². The molecule has 0 saturated carbocycles. The molecule has 7 nitrogen and oxygen atoms in total. The van der Waals surface area contributed by atoms with Crippen molar-refractivity contribution in [2.45, 2.75) is 19.4 Å². The highest BCUT2D eigenvalue weighted by Crippen LogP contribution is 2.45. The molecule has 1 aliphatic heterocycles. The Bertz CT molecular complexity index is 1590. The van der Waals surface area contributed by atoms with Crippen molar-refractivity contribution < 1.29 is 28.6 Å². The fraction of sp³-hybridized carbons (Fsp3) is 0.167. The molecule has 1 N–H and O–H groups in total. The highest BCUT2D eigenvalue weighted by molar-refractivity contribution is 7.22. The van der Waals surface area contributed by atoms with Crippen molar-refractivity contribution in [1.82, 2.24) is 4.98 Å². The Morgan fingerprint density at radius 2 is 1.90 bits per heavy atom. The second-order valence-electron chi connectivity index (χ2n) is 8.82. The van der Waals surface area contributed by atoms with Gasteiger partial charge >= 0.3 is 5.91 Å². The number of anilines is 1. The lowest BCUT2D eigenvalue weighted by Gasteiger charge is -2.23. The molecule has 1 unspecified atom stereocenters. The number of carbonyl (C=O) groups is 2. The van der Waals surface area contributed by atoms with Gasteiger partial charge in [-0.25, -0.2) is 9.37 Å². The number of hydrogen-bond donors (Lipinski definition) is 1. The smallest absolute Gasteiger partial charge is 0.301 e. The number of ketones is 1. The van der Waals surface area contributed by atoms with E-state index in [1.807, 2.05) is 6.92 Å². The minimum atomic E-state index is -1.00. The van der Waals surface area contributed by atoms with Crippen molar-refractivity contribution in [2.75, 3.05) is 18.1 Å². The lowest BCUT2D eigenvalue weighted by Crippen LogP contribution is -2.29. The normalized spacial score (nSPS) is 16.6. The highest BCUT2D eigenvalue weighted by Gasteiger charge is 2.48. The van der Waals surface area contributed by atoms with E-state index < -0.39 is 23.5 Å². The number of hydrogen-bond acceptors (Lipinski definition) is 7. The van der Waals surface area contributed by atoms with E-state index in [-0.39, 0.29) is 23.1 Å². The fourth-order valence-corrected chi connectivity index (χ4v) is 5.37. The van der Waals surface area contributed by atoms with Crippen LogP contribution in [0.15, 0.2) is 85.0 Å². The minimum Gasteiger partial charge on any atom is -0.507 e. The van der Waals surface area contributed by atoms with Gasteiger partial charge in [-0.1, -0.05) is 43.0 Å². The van der Waals surface area contributed by atoms with Crippen LogP contribution in [0.5, 0.6) is 11.5 Å². The van der Waals surface area contributed by atoms with E-state index in [4.69, 9.17) is 9.47 Å². The molecule has 9 heteroatoms. The van der Waals surface area contributed by atoms with Crippen molar-refractivity contribution >= 4 is 44.1 Å². The predicted octanol–water partition coefficient (Wildman–Crippen LogP) is 6.42. The van der Waals surface area contributed by atoms with Crippen molar-refractivity contribution in [3.8, 4) is 11.5 Å². The van der Waals surface area contributed by atoms with Gasteiger partial charge in [-0.05, 0) is 66.6 Å². The molecule has 4 aromatic rings. The van der Waals surface area contributed by atoms with E-state index in [0.29, 0.717) is 39.4 Å². The molecule has 1 aliphatic rings. The number of nitrogens with zero attached hydrogens (tertiary/aromatic N) is 2. The number of fused-ring (bicyclic) bond motifs is 1. The minimum absolute atomic E-state index is 0.0893. The second-order valence-corrected chi connectivity index (χ2v) is 9.83. The average molecular weight is 545 g/mol. The molecule has 5 rings (SSSR count). The number of carbonyl (C=O) groups excluding carboxylic acids is 2. The van der Waals surface area contributed by atoms with Crippen LogP contribution in [0, 0.1) is 5.82 Å². The summed E-state index contributed by atoms with van der Waals surface area (Å²) in [6.07, 6.45) is 2.45. The number of Topliss-reactive ketones (excluding diaryl/α,β-unsaturated/α-hetero) is 1. The quantitative estimate of drug-likeness (QED) is 0.113. The van der Waals surface area contributed by atoms with Gasteiger partial charge < -0.3 is 14.6 Å². The molecule has 1 saturated heterocycles. The van der Waals surface area contributed by atoms with Crippen LogP contribution in [0.2, 0.25) is 0 Å². The van der Waals surface area contributed by atoms with Crippen molar-refractivity contribution in [2.24, 2.45) is 0 Å². The van der Waals surface area contributed by atoms with Gasteiger partial charge in [0, 0.05) is 5.56 Å². The number of amides is 1. The first-order chi connectivity index (χ1) is 18.9. The van der Waals surface area contributed by atoms with Crippen LogP contribution >= 0.6 is 11.3 Å². The molecular weight excluding hydrogens is 519 g/mol. The number of aromatic nitrogens is 1. The zero-order valence-corrected chi connectivity index (χ0v) is 21.9. The van der Waals surface area contributed by atoms with E-state index in [2.05, 4.69) is 11.6 Å². The van der Waals surface area contributed by atoms with E-state index in [1.54, 1.807) is 54.6 Å². The van der Waals surface area contributed by atoms with E-state index >= 15 is 0 Å². The Hall–Kier alpha value is -4.50. The number of benzene rings is 3. The molecule has 3 aromatic carbocycles. The van der Waals surface area contributed by atoms with Crippen molar-refractivity contribution in [3.05, 3.63) is 102 Å². The predicted molar refractivity (Wildman–Crippen MR) is 149 cm³/mol. The average Bonchev–Trinajstić information content (AvgIpc) is 3.48. The third-order valence-corrected chi connectivity index (χ3v) is 7.15. The van der Waals surface area contributed by atoms with Crippen molar-refractivity contribution in [3.63, 3.8) is 0 Å². The van der Waals surface area contributed by atoms with Crippen LogP contribution in [-0.2, 0) is 9.59 Å². The van der Waals surface area contributed by atoms with Gasteiger partial charge in [0.1, 0.15) is 29.7 Å². The molecular formula is C30H25FN2O5S. The van der Waals surface area contributed by atoms with E-state index in [9.17, 15) is 19.1 Å². The summed E-state index contributed by atoms with van der Waals surface area (Å²) in [5.41, 5.74) is 1.29. The summed E-state index contributed by atoms with van der Waals surface area (Å²) in [5, 5.41) is 11.6. The number of halogens is 1. The maximum atomic E-state index is 13.9. The molecule has 198 valence electrons. The first kappa shape index (κ1) is 26.1. The molecule has 1 amide bonds. The first-order valence-electron chi connectivity index (χ1n) is 12.3. The number of ether oxygens (including phenoxy) is 2. The molecule has 0 bridgehead atoms. The third kappa shape index (κ3) is 5.13. The number of thiazole rings is 1. The Morgan fingerprint density at radius 1 is 1.10 bits per heavy atom.